The number of aromatic nitrogens is 1. The van der Waals surface area contributed by atoms with Crippen LogP contribution in [0.3, 0.4) is 0 Å². The molecule has 5 nitrogen and oxygen atoms in total. The van der Waals surface area contributed by atoms with Gasteiger partial charge >= 0.3 is 0 Å². The second-order valence-electron chi connectivity index (χ2n) is 6.92. The van der Waals surface area contributed by atoms with Crippen LogP contribution in [0.2, 0.25) is 5.02 Å². The lowest BCUT2D eigenvalue weighted by molar-refractivity contribution is -0.125. The molecule has 2 aliphatic rings. The van der Waals surface area contributed by atoms with E-state index in [0.717, 1.165) is 29.0 Å². The summed E-state index contributed by atoms with van der Waals surface area (Å²) < 4.78 is 0. The minimum atomic E-state index is -0.00419. The van der Waals surface area contributed by atoms with Gasteiger partial charge in [-0.2, -0.15) is 0 Å². The molecule has 0 radical (unpaired) electrons. The molecule has 0 saturated heterocycles. The topological polar surface area (TPSA) is 62.3 Å². The van der Waals surface area contributed by atoms with Gasteiger partial charge in [0, 0.05) is 43.1 Å². The largest absolute Gasteiger partial charge is 0.335 e. The third-order valence-electron chi connectivity index (χ3n) is 4.98. The van der Waals surface area contributed by atoms with Crippen molar-refractivity contribution in [1.29, 1.82) is 0 Å². The van der Waals surface area contributed by atoms with Gasteiger partial charge in [-0.25, -0.2) is 4.98 Å². The van der Waals surface area contributed by atoms with Crippen molar-refractivity contribution in [3.05, 3.63) is 62.5 Å². The fourth-order valence-electron chi connectivity index (χ4n) is 3.37. The Morgan fingerprint density at radius 3 is 3.00 bits per heavy atom. The Kier molecular flexibility index (Phi) is 5.59. The number of halogens is 1. The maximum absolute atomic E-state index is 12.5. The first kappa shape index (κ1) is 18.9. The fourth-order valence-corrected chi connectivity index (χ4v) is 4.52. The van der Waals surface area contributed by atoms with Crippen molar-refractivity contribution in [2.75, 3.05) is 18.4 Å². The number of nitrogens with one attached hydrogen (secondary N) is 1. The monoisotopic (exact) mass is 413 g/mol. The highest BCUT2D eigenvalue weighted by Crippen LogP contribution is 2.27. The van der Waals surface area contributed by atoms with E-state index in [1.807, 2.05) is 22.4 Å². The molecule has 2 aromatic rings. The summed E-state index contributed by atoms with van der Waals surface area (Å²) in [5, 5.41) is 5.59. The molecule has 1 N–H and O–H groups in total. The van der Waals surface area contributed by atoms with Crippen LogP contribution < -0.4 is 5.32 Å². The van der Waals surface area contributed by atoms with Crippen LogP contribution in [0.1, 0.15) is 28.8 Å². The number of carbonyl (C=O) groups excluding carboxylic acids is 2. The Morgan fingerprint density at radius 1 is 1.36 bits per heavy atom. The molecule has 0 unspecified atom stereocenters. The minimum Gasteiger partial charge on any atom is -0.335 e. The number of thiophene rings is 1. The predicted molar refractivity (Wildman–Crippen MR) is 113 cm³/mol. The number of pyridine rings is 1. The molecule has 0 saturated carbocycles. The van der Waals surface area contributed by atoms with E-state index in [2.05, 4.69) is 16.4 Å². The van der Waals surface area contributed by atoms with Gasteiger partial charge in [0.1, 0.15) is 5.82 Å². The lowest BCUT2D eigenvalue weighted by Gasteiger charge is -2.25. The van der Waals surface area contributed by atoms with Gasteiger partial charge in [0.15, 0.2) is 0 Å². The van der Waals surface area contributed by atoms with E-state index < -0.39 is 0 Å². The summed E-state index contributed by atoms with van der Waals surface area (Å²) in [5.74, 6) is 0.618. The van der Waals surface area contributed by atoms with Crippen molar-refractivity contribution in [3.8, 4) is 0 Å². The summed E-state index contributed by atoms with van der Waals surface area (Å²) in [4.78, 5) is 31.2. The number of hydrogen-bond acceptors (Lipinski definition) is 4. The van der Waals surface area contributed by atoms with Crippen LogP contribution in [0.15, 0.2) is 41.4 Å². The third-order valence-corrected chi connectivity index (χ3v) is 6.37. The number of aryl methyl sites for hydroxylation is 1. The summed E-state index contributed by atoms with van der Waals surface area (Å²) in [7, 11) is 0. The average molecular weight is 414 g/mol. The SMILES string of the molecule is O=C1CCc2cc(C=CC(=O)N3CC=C(Cc4sccc4Cl)CC3)cnc2N1. The molecule has 0 bridgehead atoms. The van der Waals surface area contributed by atoms with Crippen molar-refractivity contribution in [2.45, 2.75) is 25.7 Å². The second kappa shape index (κ2) is 8.29. The minimum absolute atomic E-state index is 0.00246. The molecular weight excluding hydrogens is 394 g/mol. The highest BCUT2D eigenvalue weighted by molar-refractivity contribution is 7.10. The van der Waals surface area contributed by atoms with Gasteiger partial charge < -0.3 is 10.2 Å². The normalized spacial score (nSPS) is 16.7. The zero-order valence-corrected chi connectivity index (χ0v) is 16.9. The Hall–Kier alpha value is -2.44. The average Bonchev–Trinajstić information content (AvgIpc) is 3.11. The Bertz CT molecular complexity index is 980. The molecule has 7 heteroatoms. The summed E-state index contributed by atoms with van der Waals surface area (Å²) in [5.41, 5.74) is 3.20. The van der Waals surface area contributed by atoms with Gasteiger partial charge in [0.25, 0.3) is 0 Å². The van der Waals surface area contributed by atoms with Crippen LogP contribution in [-0.2, 0) is 22.4 Å². The number of carbonyl (C=O) groups is 2. The van der Waals surface area contributed by atoms with Gasteiger partial charge in [-0.05, 0) is 47.6 Å². The van der Waals surface area contributed by atoms with E-state index in [1.54, 1.807) is 29.7 Å². The van der Waals surface area contributed by atoms with E-state index in [9.17, 15) is 9.59 Å². The maximum atomic E-state index is 12.5. The van der Waals surface area contributed by atoms with Crippen LogP contribution in [0.25, 0.3) is 6.08 Å². The van der Waals surface area contributed by atoms with Gasteiger partial charge in [-0.1, -0.05) is 23.3 Å². The molecule has 4 rings (SSSR count). The van der Waals surface area contributed by atoms with Crippen LogP contribution >= 0.6 is 22.9 Å². The number of fused-ring (bicyclic) bond motifs is 1. The van der Waals surface area contributed by atoms with Crippen molar-refractivity contribution in [2.24, 2.45) is 0 Å². The van der Waals surface area contributed by atoms with E-state index >= 15 is 0 Å². The zero-order valence-electron chi connectivity index (χ0n) is 15.3. The molecule has 28 heavy (non-hydrogen) atoms. The molecule has 2 aromatic heterocycles. The molecule has 0 fully saturated rings. The van der Waals surface area contributed by atoms with Crippen molar-refractivity contribution in [3.63, 3.8) is 0 Å². The van der Waals surface area contributed by atoms with E-state index in [-0.39, 0.29) is 11.8 Å². The van der Waals surface area contributed by atoms with Crippen molar-refractivity contribution < 1.29 is 9.59 Å². The van der Waals surface area contributed by atoms with Crippen LogP contribution in [0, 0.1) is 0 Å². The smallest absolute Gasteiger partial charge is 0.246 e. The van der Waals surface area contributed by atoms with Crippen molar-refractivity contribution in [1.82, 2.24) is 9.88 Å². The molecule has 144 valence electrons. The zero-order chi connectivity index (χ0) is 19.5. The quantitative estimate of drug-likeness (QED) is 0.606. The molecule has 2 aliphatic heterocycles. The molecule has 0 atom stereocenters. The first-order valence-corrected chi connectivity index (χ1v) is 10.5. The molecule has 0 spiro atoms. The van der Waals surface area contributed by atoms with Crippen molar-refractivity contribution >= 4 is 46.6 Å². The van der Waals surface area contributed by atoms with Gasteiger partial charge in [-0.3, -0.25) is 9.59 Å². The molecule has 0 aliphatic carbocycles. The molecular formula is C21H20ClN3O2S. The summed E-state index contributed by atoms with van der Waals surface area (Å²) >= 11 is 7.85. The summed E-state index contributed by atoms with van der Waals surface area (Å²) in [6.45, 7) is 1.34. The number of rotatable bonds is 4. The van der Waals surface area contributed by atoms with Crippen LogP contribution in [0.4, 0.5) is 5.82 Å². The number of amides is 2. The summed E-state index contributed by atoms with van der Waals surface area (Å²) in [6, 6.07) is 3.90. The predicted octanol–water partition coefficient (Wildman–Crippen LogP) is 4.10. The summed E-state index contributed by atoms with van der Waals surface area (Å²) in [6.07, 6.45) is 10.1. The fraction of sp³-hybridized carbons (Fsp3) is 0.286. The Morgan fingerprint density at radius 2 is 2.25 bits per heavy atom. The van der Waals surface area contributed by atoms with Gasteiger partial charge in [0.2, 0.25) is 11.8 Å². The van der Waals surface area contributed by atoms with E-state index in [0.29, 0.717) is 31.7 Å². The van der Waals surface area contributed by atoms with Crippen LogP contribution in [-0.4, -0.2) is 34.8 Å². The van der Waals surface area contributed by atoms with E-state index in [4.69, 9.17) is 11.6 Å². The standard InChI is InChI=1S/C21H20ClN3O2S/c22-17-7-10-28-18(17)12-14-5-8-25(9-6-14)20(27)4-1-15-11-16-2-3-19(26)24-21(16)23-13-15/h1,4-5,7,10-11,13H,2-3,6,8-9,12H2,(H,23,24,26). The second-order valence-corrected chi connectivity index (χ2v) is 8.33. The van der Waals surface area contributed by atoms with E-state index in [1.165, 1.54) is 10.5 Å². The van der Waals surface area contributed by atoms with Crippen LogP contribution in [0.5, 0.6) is 0 Å². The lowest BCUT2D eigenvalue weighted by atomic mass is 10.0. The van der Waals surface area contributed by atoms with Gasteiger partial charge in [0.05, 0.1) is 5.02 Å². The molecule has 0 aromatic carbocycles. The molecule has 4 heterocycles. The lowest BCUT2D eigenvalue weighted by Crippen LogP contribution is -2.33. The number of nitrogens with zero attached hydrogens (tertiary/aromatic N) is 2. The number of anilines is 1. The maximum Gasteiger partial charge on any atom is 0.246 e. The first-order valence-electron chi connectivity index (χ1n) is 9.24. The first-order chi connectivity index (χ1) is 13.6. The Labute approximate surface area is 172 Å². The third kappa shape index (κ3) is 4.34. The Balaban J connectivity index is 1.35. The number of hydrogen-bond donors (Lipinski definition) is 1. The highest BCUT2D eigenvalue weighted by Gasteiger charge is 2.17. The molecule has 2 amide bonds. The highest BCUT2D eigenvalue weighted by atomic mass is 35.5. The van der Waals surface area contributed by atoms with Gasteiger partial charge in [-0.15, -0.1) is 11.3 Å².